The van der Waals surface area contributed by atoms with Crippen LogP contribution < -0.4 is 10.6 Å². The Morgan fingerprint density at radius 2 is 2.05 bits per heavy atom. The number of aromatic nitrogens is 2. The fraction of sp³-hybridized carbons (Fsp3) is 0.250. The second-order valence-corrected chi connectivity index (χ2v) is 4.57. The Balaban J connectivity index is 0.00000242. The van der Waals surface area contributed by atoms with E-state index in [1.165, 1.54) is 11.1 Å². The van der Waals surface area contributed by atoms with Gasteiger partial charge in [0.1, 0.15) is 0 Å². The number of halogens is 1. The summed E-state index contributed by atoms with van der Waals surface area (Å²) in [6.07, 6.45) is 5.56. The van der Waals surface area contributed by atoms with Gasteiger partial charge in [0.15, 0.2) is 5.96 Å². The molecule has 2 N–H and O–H groups in total. The number of nitrogens with one attached hydrogen (secondary N) is 2. The smallest absolute Gasteiger partial charge is 0.191 e. The zero-order chi connectivity index (χ0) is 14.9. The third-order valence-electron chi connectivity index (χ3n) is 3.09. The van der Waals surface area contributed by atoms with Crippen LogP contribution in [0.4, 0.5) is 0 Å². The Morgan fingerprint density at radius 1 is 1.27 bits per heavy atom. The molecule has 0 saturated carbocycles. The molecule has 6 heteroatoms. The van der Waals surface area contributed by atoms with Crippen molar-refractivity contribution in [1.29, 1.82) is 0 Å². The molecule has 0 aliphatic carbocycles. The fourth-order valence-corrected chi connectivity index (χ4v) is 2.02. The van der Waals surface area contributed by atoms with Gasteiger partial charge >= 0.3 is 0 Å². The van der Waals surface area contributed by atoms with Gasteiger partial charge in [-0.1, -0.05) is 30.3 Å². The number of benzene rings is 1. The molecule has 0 atom stereocenters. The van der Waals surface area contributed by atoms with Crippen molar-refractivity contribution >= 4 is 29.9 Å². The Hall–Kier alpha value is -1.83. The zero-order valence-electron chi connectivity index (χ0n) is 12.7. The second-order valence-electron chi connectivity index (χ2n) is 4.57. The average molecular weight is 411 g/mol. The molecule has 0 radical (unpaired) electrons. The van der Waals surface area contributed by atoms with Crippen LogP contribution >= 0.6 is 24.0 Å². The fourth-order valence-electron chi connectivity index (χ4n) is 2.02. The van der Waals surface area contributed by atoms with E-state index in [-0.39, 0.29) is 24.0 Å². The standard InChI is InChI=1S/C16H21N5.HI/c1-3-9-18-16(17-2)19-12-14-7-4-5-8-15(14)13-21-11-6-10-20-21;/h3-8,10-11H,1,9,12-13H2,2H3,(H2,17,18,19);1H. The first-order valence-electron chi connectivity index (χ1n) is 6.93. The van der Waals surface area contributed by atoms with Crippen LogP contribution in [0, 0.1) is 0 Å². The monoisotopic (exact) mass is 411 g/mol. The molecule has 5 nitrogen and oxygen atoms in total. The number of hydrogen-bond acceptors (Lipinski definition) is 2. The van der Waals surface area contributed by atoms with Crippen molar-refractivity contribution in [1.82, 2.24) is 20.4 Å². The highest BCUT2D eigenvalue weighted by Gasteiger charge is 2.04. The molecule has 1 heterocycles. The van der Waals surface area contributed by atoms with Crippen molar-refractivity contribution in [2.24, 2.45) is 4.99 Å². The summed E-state index contributed by atoms with van der Waals surface area (Å²) < 4.78 is 1.92. The van der Waals surface area contributed by atoms with Gasteiger partial charge in [0.25, 0.3) is 0 Å². The van der Waals surface area contributed by atoms with Gasteiger partial charge in [0.2, 0.25) is 0 Å². The zero-order valence-corrected chi connectivity index (χ0v) is 15.0. The molecule has 2 aromatic rings. The Bertz CT molecular complexity index is 592. The summed E-state index contributed by atoms with van der Waals surface area (Å²) >= 11 is 0. The second kappa shape index (κ2) is 9.99. The van der Waals surface area contributed by atoms with E-state index in [9.17, 15) is 0 Å². The van der Waals surface area contributed by atoms with Gasteiger partial charge in [-0.3, -0.25) is 9.67 Å². The molecule has 1 aromatic heterocycles. The molecule has 1 aromatic carbocycles. The lowest BCUT2D eigenvalue weighted by Gasteiger charge is -2.13. The van der Waals surface area contributed by atoms with Crippen LogP contribution in [0.15, 0.2) is 60.4 Å². The highest BCUT2D eigenvalue weighted by molar-refractivity contribution is 14.0. The maximum Gasteiger partial charge on any atom is 0.191 e. The van der Waals surface area contributed by atoms with E-state index >= 15 is 0 Å². The quantitative estimate of drug-likeness (QED) is 0.332. The maximum absolute atomic E-state index is 4.25. The number of hydrogen-bond donors (Lipinski definition) is 2. The van der Waals surface area contributed by atoms with E-state index < -0.39 is 0 Å². The van der Waals surface area contributed by atoms with E-state index in [4.69, 9.17) is 0 Å². The molecule has 118 valence electrons. The van der Waals surface area contributed by atoms with Crippen LogP contribution in [-0.4, -0.2) is 29.3 Å². The number of rotatable bonds is 6. The summed E-state index contributed by atoms with van der Waals surface area (Å²) in [5.74, 6) is 0.767. The minimum atomic E-state index is 0. The minimum Gasteiger partial charge on any atom is -0.353 e. The molecule has 2 rings (SSSR count). The number of guanidine groups is 1. The predicted octanol–water partition coefficient (Wildman–Crippen LogP) is 2.40. The molecular formula is C16H22IN5. The molecule has 0 bridgehead atoms. The van der Waals surface area contributed by atoms with E-state index in [2.05, 4.69) is 39.4 Å². The van der Waals surface area contributed by atoms with Gasteiger partial charge in [-0.2, -0.15) is 5.10 Å². The molecule has 0 fully saturated rings. The molecule has 0 aliphatic heterocycles. The normalized spacial score (nSPS) is 10.7. The van der Waals surface area contributed by atoms with Crippen molar-refractivity contribution < 1.29 is 0 Å². The summed E-state index contributed by atoms with van der Waals surface area (Å²) in [5.41, 5.74) is 2.47. The van der Waals surface area contributed by atoms with Crippen LogP contribution in [0.2, 0.25) is 0 Å². The third kappa shape index (κ3) is 5.51. The van der Waals surface area contributed by atoms with Gasteiger partial charge in [-0.05, 0) is 17.2 Å². The van der Waals surface area contributed by atoms with Crippen molar-refractivity contribution in [3.05, 3.63) is 66.5 Å². The summed E-state index contributed by atoms with van der Waals surface area (Å²) in [7, 11) is 1.76. The van der Waals surface area contributed by atoms with Gasteiger partial charge < -0.3 is 10.6 Å². The van der Waals surface area contributed by atoms with Gasteiger partial charge in [-0.15, -0.1) is 30.6 Å². The highest BCUT2D eigenvalue weighted by atomic mass is 127. The highest BCUT2D eigenvalue weighted by Crippen LogP contribution is 2.10. The Kier molecular flexibility index (Phi) is 8.27. The molecule has 0 unspecified atom stereocenters. The van der Waals surface area contributed by atoms with Crippen molar-refractivity contribution in [3.63, 3.8) is 0 Å². The lowest BCUT2D eigenvalue weighted by molar-refractivity contribution is 0.678. The first-order chi connectivity index (χ1) is 10.3. The number of nitrogens with zero attached hydrogens (tertiary/aromatic N) is 3. The topological polar surface area (TPSA) is 54.2 Å². The molecule has 22 heavy (non-hydrogen) atoms. The third-order valence-corrected chi connectivity index (χ3v) is 3.09. The lowest BCUT2D eigenvalue weighted by Crippen LogP contribution is -2.37. The molecule has 0 spiro atoms. The van der Waals surface area contributed by atoms with Crippen LogP contribution in [0.3, 0.4) is 0 Å². The van der Waals surface area contributed by atoms with E-state index in [1.807, 2.05) is 29.1 Å². The van der Waals surface area contributed by atoms with E-state index in [0.717, 1.165) is 12.5 Å². The largest absolute Gasteiger partial charge is 0.353 e. The minimum absolute atomic E-state index is 0. The average Bonchev–Trinajstić information content (AvgIpc) is 3.02. The van der Waals surface area contributed by atoms with Crippen LogP contribution in [0.5, 0.6) is 0 Å². The van der Waals surface area contributed by atoms with Crippen LogP contribution in [0.25, 0.3) is 0 Å². The molecule has 0 aliphatic rings. The maximum atomic E-state index is 4.25. The summed E-state index contributed by atoms with van der Waals surface area (Å²) in [6.45, 7) is 5.86. The van der Waals surface area contributed by atoms with Crippen molar-refractivity contribution in [2.75, 3.05) is 13.6 Å². The number of aliphatic imine (C=N–C) groups is 1. The SMILES string of the molecule is C=CCNC(=NC)NCc1ccccc1Cn1cccn1.I. The molecule has 0 saturated heterocycles. The lowest BCUT2D eigenvalue weighted by atomic mass is 10.1. The van der Waals surface area contributed by atoms with E-state index in [0.29, 0.717) is 13.1 Å². The van der Waals surface area contributed by atoms with Gasteiger partial charge in [0.05, 0.1) is 6.54 Å². The first-order valence-corrected chi connectivity index (χ1v) is 6.93. The predicted molar refractivity (Wildman–Crippen MR) is 102 cm³/mol. The summed E-state index contributed by atoms with van der Waals surface area (Å²) in [6, 6.07) is 10.3. The van der Waals surface area contributed by atoms with Crippen molar-refractivity contribution in [2.45, 2.75) is 13.1 Å². The summed E-state index contributed by atoms with van der Waals surface area (Å²) in [5, 5.41) is 10.7. The van der Waals surface area contributed by atoms with Gasteiger partial charge in [0, 0.05) is 32.5 Å². The van der Waals surface area contributed by atoms with E-state index in [1.54, 1.807) is 19.3 Å². The first kappa shape index (κ1) is 18.2. The Morgan fingerprint density at radius 3 is 2.68 bits per heavy atom. The summed E-state index contributed by atoms with van der Waals surface area (Å²) in [4.78, 5) is 4.18. The van der Waals surface area contributed by atoms with Crippen LogP contribution in [-0.2, 0) is 13.1 Å². The van der Waals surface area contributed by atoms with Gasteiger partial charge in [-0.25, -0.2) is 0 Å². The molecular weight excluding hydrogens is 389 g/mol. The van der Waals surface area contributed by atoms with Crippen LogP contribution in [0.1, 0.15) is 11.1 Å². The van der Waals surface area contributed by atoms with Crippen molar-refractivity contribution in [3.8, 4) is 0 Å². The Labute approximate surface area is 148 Å². The molecule has 0 amide bonds.